The lowest BCUT2D eigenvalue weighted by molar-refractivity contribution is 0.199. The topological polar surface area (TPSA) is 23.5 Å². The first-order valence-electron chi connectivity index (χ1n) is 6.18. The zero-order valence-electron chi connectivity index (χ0n) is 11.1. The van der Waals surface area contributed by atoms with E-state index in [0.717, 1.165) is 18.8 Å². The van der Waals surface area contributed by atoms with Gasteiger partial charge in [-0.05, 0) is 38.0 Å². The molecule has 0 saturated carbocycles. The number of halogens is 1. The molecule has 3 heteroatoms. The number of anilines is 1. The summed E-state index contributed by atoms with van der Waals surface area (Å²) in [6, 6.07) is 4.62. The molecule has 0 aromatic heterocycles. The molecule has 1 N–H and O–H groups in total. The normalized spacial score (nSPS) is 12.9. The van der Waals surface area contributed by atoms with Crippen LogP contribution in [0.3, 0.4) is 0 Å². The minimum atomic E-state index is -0.651. The first kappa shape index (κ1) is 14.0. The monoisotopic (exact) mass is 239 g/mol. The quantitative estimate of drug-likeness (QED) is 0.851. The molecule has 0 aliphatic carbocycles. The molecule has 1 aromatic rings. The van der Waals surface area contributed by atoms with Crippen molar-refractivity contribution in [2.24, 2.45) is 5.92 Å². The van der Waals surface area contributed by atoms with Gasteiger partial charge in [-0.15, -0.1) is 0 Å². The average Bonchev–Trinajstić information content (AvgIpc) is 2.25. The second-order valence-corrected chi connectivity index (χ2v) is 4.81. The van der Waals surface area contributed by atoms with E-state index < -0.39 is 6.10 Å². The number of hydrogen-bond acceptors (Lipinski definition) is 2. The van der Waals surface area contributed by atoms with E-state index in [9.17, 15) is 9.50 Å². The molecule has 1 aromatic carbocycles. The molecule has 17 heavy (non-hydrogen) atoms. The third kappa shape index (κ3) is 3.70. The molecule has 0 spiro atoms. The average molecular weight is 239 g/mol. The van der Waals surface area contributed by atoms with Crippen LogP contribution in [-0.2, 0) is 0 Å². The SMILES string of the molecule is CCN(CC(C)C)c1ccc(F)cc1C(C)O. The maximum Gasteiger partial charge on any atom is 0.123 e. The number of aliphatic hydroxyl groups is 1. The van der Waals surface area contributed by atoms with E-state index >= 15 is 0 Å². The van der Waals surface area contributed by atoms with Crippen molar-refractivity contribution < 1.29 is 9.50 Å². The van der Waals surface area contributed by atoms with E-state index in [2.05, 4.69) is 25.7 Å². The number of nitrogens with zero attached hydrogens (tertiary/aromatic N) is 1. The van der Waals surface area contributed by atoms with Gasteiger partial charge in [-0.2, -0.15) is 0 Å². The Labute approximate surface area is 103 Å². The highest BCUT2D eigenvalue weighted by Gasteiger charge is 2.15. The van der Waals surface area contributed by atoms with Gasteiger partial charge in [-0.1, -0.05) is 13.8 Å². The second kappa shape index (κ2) is 6.01. The zero-order chi connectivity index (χ0) is 13.0. The molecule has 2 nitrogen and oxygen atoms in total. The van der Waals surface area contributed by atoms with Crippen LogP contribution in [0.15, 0.2) is 18.2 Å². The van der Waals surface area contributed by atoms with Gasteiger partial charge in [0.1, 0.15) is 5.82 Å². The Hall–Kier alpha value is -1.09. The highest BCUT2D eigenvalue weighted by Crippen LogP contribution is 2.27. The first-order valence-corrected chi connectivity index (χ1v) is 6.18. The van der Waals surface area contributed by atoms with E-state index in [1.807, 2.05) is 0 Å². The van der Waals surface area contributed by atoms with Crippen molar-refractivity contribution in [2.45, 2.75) is 33.8 Å². The van der Waals surface area contributed by atoms with E-state index in [0.29, 0.717) is 11.5 Å². The van der Waals surface area contributed by atoms with Crippen molar-refractivity contribution in [1.82, 2.24) is 0 Å². The third-order valence-corrected chi connectivity index (χ3v) is 2.75. The van der Waals surface area contributed by atoms with Crippen LogP contribution >= 0.6 is 0 Å². The standard InChI is InChI=1S/C14H22FNO/c1-5-16(9-10(2)3)14-7-6-12(15)8-13(14)11(4)17/h6-8,10-11,17H,5,9H2,1-4H3. The van der Waals surface area contributed by atoms with Gasteiger partial charge in [-0.25, -0.2) is 4.39 Å². The predicted octanol–water partition coefficient (Wildman–Crippen LogP) is 3.36. The Morgan fingerprint density at radius 3 is 2.41 bits per heavy atom. The zero-order valence-corrected chi connectivity index (χ0v) is 11.1. The van der Waals surface area contributed by atoms with Crippen molar-refractivity contribution in [2.75, 3.05) is 18.0 Å². The lowest BCUT2D eigenvalue weighted by atomic mass is 10.1. The molecule has 0 fully saturated rings. The van der Waals surface area contributed by atoms with Crippen molar-refractivity contribution in [3.8, 4) is 0 Å². The van der Waals surface area contributed by atoms with Crippen LogP contribution in [0.25, 0.3) is 0 Å². The van der Waals surface area contributed by atoms with Gasteiger partial charge in [0, 0.05) is 24.3 Å². The first-order chi connectivity index (χ1) is 7.95. The smallest absolute Gasteiger partial charge is 0.123 e. The maximum absolute atomic E-state index is 13.2. The van der Waals surface area contributed by atoms with Crippen LogP contribution < -0.4 is 4.90 Å². The summed E-state index contributed by atoms with van der Waals surface area (Å²) in [5, 5.41) is 9.71. The van der Waals surface area contributed by atoms with Crippen LogP contribution in [0.2, 0.25) is 0 Å². The maximum atomic E-state index is 13.2. The summed E-state index contributed by atoms with van der Waals surface area (Å²) >= 11 is 0. The fourth-order valence-corrected chi connectivity index (χ4v) is 1.99. The highest BCUT2D eigenvalue weighted by molar-refractivity contribution is 5.54. The molecular weight excluding hydrogens is 217 g/mol. The van der Waals surface area contributed by atoms with Gasteiger partial charge < -0.3 is 10.0 Å². The van der Waals surface area contributed by atoms with E-state index in [-0.39, 0.29) is 5.82 Å². The van der Waals surface area contributed by atoms with Crippen molar-refractivity contribution in [3.63, 3.8) is 0 Å². The Balaban J connectivity index is 3.09. The Bertz CT molecular complexity index is 363. The minimum absolute atomic E-state index is 0.301. The molecule has 96 valence electrons. The van der Waals surface area contributed by atoms with Gasteiger partial charge in [0.2, 0.25) is 0 Å². The summed E-state index contributed by atoms with van der Waals surface area (Å²) in [7, 11) is 0. The summed E-state index contributed by atoms with van der Waals surface area (Å²) < 4.78 is 13.2. The lowest BCUT2D eigenvalue weighted by Crippen LogP contribution is -2.28. The molecule has 0 heterocycles. The molecule has 0 aliphatic rings. The number of aliphatic hydroxyl groups excluding tert-OH is 1. The molecule has 0 bridgehead atoms. The Kier molecular flexibility index (Phi) is 4.94. The fraction of sp³-hybridized carbons (Fsp3) is 0.571. The molecule has 1 rings (SSSR count). The van der Waals surface area contributed by atoms with E-state index in [4.69, 9.17) is 0 Å². The van der Waals surface area contributed by atoms with E-state index in [1.165, 1.54) is 12.1 Å². The molecule has 1 unspecified atom stereocenters. The van der Waals surface area contributed by atoms with E-state index in [1.54, 1.807) is 13.0 Å². The van der Waals surface area contributed by atoms with Gasteiger partial charge in [-0.3, -0.25) is 0 Å². The Morgan fingerprint density at radius 2 is 1.94 bits per heavy atom. The van der Waals surface area contributed by atoms with Crippen molar-refractivity contribution in [1.29, 1.82) is 0 Å². The molecule has 0 aliphatic heterocycles. The molecule has 0 amide bonds. The van der Waals surface area contributed by atoms with Crippen LogP contribution in [0.4, 0.5) is 10.1 Å². The molecule has 0 saturated heterocycles. The second-order valence-electron chi connectivity index (χ2n) is 4.81. The predicted molar refractivity (Wildman–Crippen MR) is 69.8 cm³/mol. The molecule has 0 radical (unpaired) electrons. The Morgan fingerprint density at radius 1 is 1.29 bits per heavy atom. The van der Waals surface area contributed by atoms with Gasteiger partial charge >= 0.3 is 0 Å². The number of benzene rings is 1. The fourth-order valence-electron chi connectivity index (χ4n) is 1.99. The minimum Gasteiger partial charge on any atom is -0.389 e. The van der Waals surface area contributed by atoms with Crippen molar-refractivity contribution in [3.05, 3.63) is 29.6 Å². The third-order valence-electron chi connectivity index (χ3n) is 2.75. The number of hydrogen-bond donors (Lipinski definition) is 1. The van der Waals surface area contributed by atoms with Crippen LogP contribution in [0.5, 0.6) is 0 Å². The largest absolute Gasteiger partial charge is 0.389 e. The molecule has 1 atom stereocenters. The summed E-state index contributed by atoms with van der Waals surface area (Å²) in [5.41, 5.74) is 1.59. The van der Waals surface area contributed by atoms with Gasteiger partial charge in [0.05, 0.1) is 6.10 Å². The van der Waals surface area contributed by atoms with Gasteiger partial charge in [0.15, 0.2) is 0 Å². The van der Waals surface area contributed by atoms with Crippen LogP contribution in [-0.4, -0.2) is 18.2 Å². The summed E-state index contributed by atoms with van der Waals surface area (Å²) in [5.74, 6) is 0.229. The summed E-state index contributed by atoms with van der Waals surface area (Å²) in [4.78, 5) is 2.17. The lowest BCUT2D eigenvalue weighted by Gasteiger charge is -2.28. The summed E-state index contributed by atoms with van der Waals surface area (Å²) in [6.45, 7) is 9.78. The molecular formula is C14H22FNO. The van der Waals surface area contributed by atoms with Gasteiger partial charge in [0.25, 0.3) is 0 Å². The van der Waals surface area contributed by atoms with Crippen molar-refractivity contribution >= 4 is 5.69 Å². The van der Waals surface area contributed by atoms with Crippen LogP contribution in [0.1, 0.15) is 39.4 Å². The number of rotatable bonds is 5. The highest BCUT2D eigenvalue weighted by atomic mass is 19.1. The summed E-state index contributed by atoms with van der Waals surface area (Å²) in [6.07, 6.45) is -0.651. The van der Waals surface area contributed by atoms with Crippen LogP contribution in [0, 0.1) is 11.7 Å².